The van der Waals surface area contributed by atoms with E-state index < -0.39 is 0 Å². The van der Waals surface area contributed by atoms with E-state index in [1.807, 2.05) is 6.07 Å². The average Bonchev–Trinajstić information content (AvgIpc) is 2.55. The van der Waals surface area contributed by atoms with E-state index in [1.54, 1.807) is 12.4 Å². The lowest BCUT2D eigenvalue weighted by atomic mass is 9.98. The van der Waals surface area contributed by atoms with E-state index in [2.05, 4.69) is 64.7 Å². The summed E-state index contributed by atoms with van der Waals surface area (Å²) in [6, 6.07) is 16.8. The van der Waals surface area contributed by atoms with Gasteiger partial charge in [-0.15, -0.1) is 0 Å². The van der Waals surface area contributed by atoms with Crippen molar-refractivity contribution in [1.82, 2.24) is 9.97 Å². The summed E-state index contributed by atoms with van der Waals surface area (Å²) in [6.45, 7) is 3.21. The lowest BCUT2D eigenvalue weighted by Crippen LogP contribution is -2.06. The molecular weight excluding hydrogens is 258 g/mol. The van der Waals surface area contributed by atoms with Crippen molar-refractivity contribution in [3.63, 3.8) is 0 Å². The topological polar surface area (TPSA) is 37.8 Å². The molecule has 1 heterocycles. The molecule has 0 spiro atoms. The maximum Gasteiger partial charge on any atom is 0.0907 e. The molecule has 2 aromatic carbocycles. The second kappa shape index (κ2) is 6.35. The zero-order valence-electron chi connectivity index (χ0n) is 12.2. The molecule has 21 heavy (non-hydrogen) atoms. The Morgan fingerprint density at radius 2 is 1.71 bits per heavy atom. The zero-order chi connectivity index (χ0) is 14.5. The van der Waals surface area contributed by atoms with Crippen LogP contribution in [0.4, 0.5) is 5.69 Å². The highest BCUT2D eigenvalue weighted by Crippen LogP contribution is 2.19. The van der Waals surface area contributed by atoms with E-state index in [0.717, 1.165) is 29.7 Å². The van der Waals surface area contributed by atoms with Gasteiger partial charge in [-0.25, -0.2) is 0 Å². The van der Waals surface area contributed by atoms with Gasteiger partial charge in [-0.3, -0.25) is 9.97 Å². The fourth-order valence-electron chi connectivity index (χ4n) is 2.45. The summed E-state index contributed by atoms with van der Waals surface area (Å²) in [6.07, 6.45) is 4.54. The van der Waals surface area contributed by atoms with Crippen molar-refractivity contribution < 1.29 is 0 Å². The van der Waals surface area contributed by atoms with E-state index >= 15 is 0 Å². The Bertz CT molecular complexity index is 710. The van der Waals surface area contributed by atoms with Crippen LogP contribution in [-0.4, -0.2) is 16.5 Å². The van der Waals surface area contributed by atoms with E-state index in [1.165, 1.54) is 5.56 Å². The van der Waals surface area contributed by atoms with Crippen LogP contribution in [0.2, 0.25) is 0 Å². The third-order valence-corrected chi connectivity index (χ3v) is 3.74. The van der Waals surface area contributed by atoms with E-state index in [0.29, 0.717) is 5.92 Å². The van der Waals surface area contributed by atoms with Crippen molar-refractivity contribution in [3.05, 3.63) is 66.5 Å². The molecule has 0 amide bonds. The predicted molar refractivity (Wildman–Crippen MR) is 87.5 cm³/mol. The Morgan fingerprint density at radius 3 is 2.52 bits per heavy atom. The lowest BCUT2D eigenvalue weighted by Gasteiger charge is -2.13. The quantitative estimate of drug-likeness (QED) is 0.758. The highest BCUT2D eigenvalue weighted by Gasteiger charge is 2.04. The predicted octanol–water partition coefficient (Wildman–Crippen LogP) is 4.24. The lowest BCUT2D eigenvalue weighted by molar-refractivity contribution is 0.706. The molecule has 0 fully saturated rings. The molecule has 1 aromatic heterocycles. The molecule has 0 aliphatic heterocycles. The van der Waals surface area contributed by atoms with Crippen LogP contribution < -0.4 is 5.32 Å². The molecule has 0 saturated carbocycles. The molecule has 106 valence electrons. The van der Waals surface area contributed by atoms with Crippen LogP contribution >= 0.6 is 0 Å². The standard InChI is InChI=1S/C18H19N3/c1-14(15-5-3-2-4-6-15)9-10-19-16-7-8-17-18(13-16)21-12-11-20-17/h2-8,11-14,19H,9-10H2,1H3. The first-order valence-corrected chi connectivity index (χ1v) is 7.32. The van der Waals surface area contributed by atoms with Crippen LogP contribution in [0.25, 0.3) is 11.0 Å². The number of hydrogen-bond acceptors (Lipinski definition) is 3. The summed E-state index contributed by atoms with van der Waals surface area (Å²) < 4.78 is 0. The molecule has 3 heteroatoms. The molecule has 3 aromatic rings. The molecule has 0 saturated heterocycles. The molecule has 1 unspecified atom stereocenters. The third-order valence-electron chi connectivity index (χ3n) is 3.74. The molecule has 0 radical (unpaired) electrons. The number of benzene rings is 2. The van der Waals surface area contributed by atoms with Gasteiger partial charge < -0.3 is 5.32 Å². The minimum Gasteiger partial charge on any atom is -0.385 e. The Kier molecular flexibility index (Phi) is 4.10. The number of anilines is 1. The van der Waals surface area contributed by atoms with Gasteiger partial charge in [0, 0.05) is 24.6 Å². The normalized spacial score (nSPS) is 12.2. The summed E-state index contributed by atoms with van der Waals surface area (Å²) >= 11 is 0. The van der Waals surface area contributed by atoms with Crippen molar-refractivity contribution in [3.8, 4) is 0 Å². The highest BCUT2D eigenvalue weighted by molar-refractivity contribution is 5.78. The van der Waals surface area contributed by atoms with Crippen molar-refractivity contribution in [2.45, 2.75) is 19.3 Å². The smallest absolute Gasteiger partial charge is 0.0907 e. The molecule has 1 atom stereocenters. The molecular formula is C18H19N3. The van der Waals surface area contributed by atoms with E-state index in [4.69, 9.17) is 0 Å². The first-order chi connectivity index (χ1) is 10.3. The molecule has 0 bridgehead atoms. The largest absolute Gasteiger partial charge is 0.385 e. The fourth-order valence-corrected chi connectivity index (χ4v) is 2.45. The van der Waals surface area contributed by atoms with Gasteiger partial charge in [0.05, 0.1) is 11.0 Å². The number of aromatic nitrogens is 2. The first-order valence-electron chi connectivity index (χ1n) is 7.32. The molecule has 0 aliphatic carbocycles. The van der Waals surface area contributed by atoms with E-state index in [-0.39, 0.29) is 0 Å². The molecule has 1 N–H and O–H groups in total. The van der Waals surface area contributed by atoms with Gasteiger partial charge in [-0.2, -0.15) is 0 Å². The fraction of sp³-hybridized carbons (Fsp3) is 0.222. The maximum absolute atomic E-state index is 4.33. The molecule has 3 nitrogen and oxygen atoms in total. The van der Waals surface area contributed by atoms with Crippen LogP contribution in [0.1, 0.15) is 24.8 Å². The Balaban J connectivity index is 1.59. The Hall–Kier alpha value is -2.42. The number of nitrogens with one attached hydrogen (secondary N) is 1. The average molecular weight is 277 g/mol. The van der Waals surface area contributed by atoms with Crippen LogP contribution in [0.3, 0.4) is 0 Å². The van der Waals surface area contributed by atoms with Crippen LogP contribution in [-0.2, 0) is 0 Å². The Labute approximate surface area is 125 Å². The van der Waals surface area contributed by atoms with Gasteiger partial charge in [0.25, 0.3) is 0 Å². The van der Waals surface area contributed by atoms with Crippen LogP contribution in [0.5, 0.6) is 0 Å². The zero-order valence-corrected chi connectivity index (χ0v) is 12.2. The third kappa shape index (κ3) is 3.37. The van der Waals surface area contributed by atoms with Crippen LogP contribution in [0.15, 0.2) is 60.9 Å². The number of nitrogens with zero attached hydrogens (tertiary/aromatic N) is 2. The number of rotatable bonds is 5. The summed E-state index contributed by atoms with van der Waals surface area (Å²) in [7, 11) is 0. The summed E-state index contributed by atoms with van der Waals surface area (Å²) in [5.74, 6) is 0.555. The van der Waals surface area contributed by atoms with Gasteiger partial charge in [-0.05, 0) is 36.1 Å². The first kappa shape index (κ1) is 13.6. The van der Waals surface area contributed by atoms with E-state index in [9.17, 15) is 0 Å². The van der Waals surface area contributed by atoms with Crippen molar-refractivity contribution >= 4 is 16.7 Å². The van der Waals surface area contributed by atoms with Gasteiger partial charge in [-0.1, -0.05) is 37.3 Å². The minimum atomic E-state index is 0.555. The Morgan fingerprint density at radius 1 is 0.952 bits per heavy atom. The number of hydrogen-bond donors (Lipinski definition) is 1. The van der Waals surface area contributed by atoms with Gasteiger partial charge in [0.15, 0.2) is 0 Å². The van der Waals surface area contributed by atoms with Gasteiger partial charge in [0.1, 0.15) is 0 Å². The SMILES string of the molecule is CC(CCNc1ccc2nccnc2c1)c1ccccc1. The summed E-state index contributed by atoms with van der Waals surface area (Å²) in [5.41, 5.74) is 4.35. The monoisotopic (exact) mass is 277 g/mol. The van der Waals surface area contributed by atoms with Gasteiger partial charge in [0.2, 0.25) is 0 Å². The highest BCUT2D eigenvalue weighted by atomic mass is 14.9. The van der Waals surface area contributed by atoms with Crippen molar-refractivity contribution in [2.75, 3.05) is 11.9 Å². The summed E-state index contributed by atoms with van der Waals surface area (Å²) in [4.78, 5) is 8.61. The van der Waals surface area contributed by atoms with Crippen molar-refractivity contribution in [2.24, 2.45) is 0 Å². The maximum atomic E-state index is 4.33. The van der Waals surface area contributed by atoms with Gasteiger partial charge >= 0.3 is 0 Å². The molecule has 3 rings (SSSR count). The van der Waals surface area contributed by atoms with Crippen molar-refractivity contribution in [1.29, 1.82) is 0 Å². The number of fused-ring (bicyclic) bond motifs is 1. The second-order valence-electron chi connectivity index (χ2n) is 5.29. The second-order valence-corrected chi connectivity index (χ2v) is 5.29. The minimum absolute atomic E-state index is 0.555. The van der Waals surface area contributed by atoms with Crippen LogP contribution in [0, 0.1) is 0 Å². The molecule has 0 aliphatic rings. The summed E-state index contributed by atoms with van der Waals surface area (Å²) in [5, 5.41) is 3.47.